The Morgan fingerprint density at radius 3 is 2.61 bits per heavy atom. The number of hydrogen-bond donors (Lipinski definition) is 2. The number of hydrogen-bond acceptors (Lipinski definition) is 5. The molecule has 0 saturated carbocycles. The first-order valence-electron chi connectivity index (χ1n) is 6.18. The molecule has 0 radical (unpaired) electrons. The number of anilines is 1. The van der Waals surface area contributed by atoms with E-state index >= 15 is 0 Å². The maximum Gasteiger partial charge on any atom is 0.340 e. The first kappa shape index (κ1) is 14.5. The van der Waals surface area contributed by atoms with E-state index in [0.29, 0.717) is 17.9 Å². The van der Waals surface area contributed by atoms with Crippen LogP contribution in [-0.2, 0) is 4.74 Å². The molecular formula is C13H21N3O2. The van der Waals surface area contributed by atoms with Crippen molar-refractivity contribution in [2.45, 2.75) is 13.8 Å². The second-order valence-corrected chi connectivity index (χ2v) is 3.85. The Morgan fingerprint density at radius 2 is 2.00 bits per heavy atom. The standard InChI is InChI=1S/C13H21N3O2/c1-3-16(4-2)9-10-18-13(17)11-7-5-6-8-12(11)15-14/h5-8,15H,3-4,9-10,14H2,1-2H3. The molecule has 0 heterocycles. The van der Waals surface area contributed by atoms with Crippen LogP contribution < -0.4 is 11.3 Å². The van der Waals surface area contributed by atoms with Gasteiger partial charge in [0.05, 0.1) is 11.3 Å². The Labute approximate surface area is 108 Å². The summed E-state index contributed by atoms with van der Waals surface area (Å²) in [6, 6.07) is 7.01. The number of nitrogen functional groups attached to an aromatic ring is 1. The molecule has 0 aliphatic carbocycles. The minimum absolute atomic E-state index is 0.351. The lowest BCUT2D eigenvalue weighted by Gasteiger charge is -2.17. The Balaban J connectivity index is 2.50. The van der Waals surface area contributed by atoms with Crippen LogP contribution in [0.1, 0.15) is 24.2 Å². The lowest BCUT2D eigenvalue weighted by molar-refractivity contribution is 0.0467. The molecule has 1 rings (SSSR count). The highest BCUT2D eigenvalue weighted by atomic mass is 16.5. The summed E-state index contributed by atoms with van der Waals surface area (Å²) in [5, 5.41) is 0. The third-order valence-electron chi connectivity index (χ3n) is 2.84. The lowest BCUT2D eigenvalue weighted by atomic mass is 10.2. The molecule has 18 heavy (non-hydrogen) atoms. The molecule has 1 aromatic carbocycles. The van der Waals surface area contributed by atoms with Gasteiger partial charge in [0.15, 0.2) is 0 Å². The molecular weight excluding hydrogens is 230 g/mol. The number of nitrogens with one attached hydrogen (secondary N) is 1. The zero-order valence-corrected chi connectivity index (χ0v) is 11.0. The average Bonchev–Trinajstić information content (AvgIpc) is 2.43. The van der Waals surface area contributed by atoms with Gasteiger partial charge in [-0.15, -0.1) is 0 Å². The van der Waals surface area contributed by atoms with Gasteiger partial charge in [0.2, 0.25) is 0 Å². The topological polar surface area (TPSA) is 67.6 Å². The minimum Gasteiger partial charge on any atom is -0.461 e. The number of ether oxygens (including phenoxy) is 1. The highest BCUT2D eigenvalue weighted by Crippen LogP contribution is 2.14. The molecule has 1 aromatic rings. The summed E-state index contributed by atoms with van der Waals surface area (Å²) >= 11 is 0. The van der Waals surface area contributed by atoms with E-state index in [0.717, 1.165) is 19.6 Å². The van der Waals surface area contributed by atoms with Crippen molar-refractivity contribution in [3.63, 3.8) is 0 Å². The van der Waals surface area contributed by atoms with Gasteiger partial charge < -0.3 is 15.1 Å². The van der Waals surface area contributed by atoms with Crippen molar-refractivity contribution in [3.05, 3.63) is 29.8 Å². The first-order valence-corrected chi connectivity index (χ1v) is 6.18. The van der Waals surface area contributed by atoms with Crippen LogP contribution in [0.3, 0.4) is 0 Å². The summed E-state index contributed by atoms with van der Waals surface area (Å²) in [6.45, 7) is 7.21. The van der Waals surface area contributed by atoms with Gasteiger partial charge in [0.1, 0.15) is 6.61 Å². The smallest absolute Gasteiger partial charge is 0.340 e. The molecule has 0 aliphatic heterocycles. The summed E-state index contributed by atoms with van der Waals surface area (Å²) in [7, 11) is 0. The van der Waals surface area contributed by atoms with Crippen molar-refractivity contribution in [3.8, 4) is 0 Å². The highest BCUT2D eigenvalue weighted by Gasteiger charge is 2.11. The first-order chi connectivity index (χ1) is 8.72. The van der Waals surface area contributed by atoms with Crippen LogP contribution in [0.25, 0.3) is 0 Å². The Morgan fingerprint density at radius 1 is 1.33 bits per heavy atom. The van der Waals surface area contributed by atoms with E-state index in [1.54, 1.807) is 18.2 Å². The molecule has 0 atom stereocenters. The molecule has 0 unspecified atom stereocenters. The molecule has 0 amide bonds. The second-order valence-electron chi connectivity index (χ2n) is 3.85. The van der Waals surface area contributed by atoms with Crippen LogP contribution in [0.4, 0.5) is 5.69 Å². The zero-order chi connectivity index (χ0) is 13.4. The molecule has 0 saturated heterocycles. The molecule has 5 nitrogen and oxygen atoms in total. The number of rotatable bonds is 7. The van der Waals surface area contributed by atoms with E-state index in [-0.39, 0.29) is 5.97 Å². The summed E-state index contributed by atoms with van der Waals surface area (Å²) in [4.78, 5) is 14.0. The van der Waals surface area contributed by atoms with Gasteiger partial charge in [-0.05, 0) is 25.2 Å². The summed E-state index contributed by atoms with van der Waals surface area (Å²) in [5.41, 5.74) is 3.52. The molecule has 0 aliphatic rings. The van der Waals surface area contributed by atoms with Gasteiger partial charge in [0, 0.05) is 6.54 Å². The fourth-order valence-corrected chi connectivity index (χ4v) is 1.67. The molecule has 0 aromatic heterocycles. The van der Waals surface area contributed by atoms with Crippen molar-refractivity contribution in [1.82, 2.24) is 4.90 Å². The third-order valence-corrected chi connectivity index (χ3v) is 2.84. The second kappa shape index (κ2) is 7.68. The quantitative estimate of drug-likeness (QED) is 0.436. The summed E-state index contributed by atoms with van der Waals surface area (Å²) in [5.74, 6) is 4.99. The number of benzene rings is 1. The molecule has 0 spiro atoms. The van der Waals surface area contributed by atoms with E-state index in [9.17, 15) is 4.79 Å². The van der Waals surface area contributed by atoms with Crippen LogP contribution in [0.5, 0.6) is 0 Å². The van der Waals surface area contributed by atoms with Crippen molar-refractivity contribution >= 4 is 11.7 Å². The van der Waals surface area contributed by atoms with Gasteiger partial charge in [-0.25, -0.2) is 4.79 Å². The number of carbonyl (C=O) groups is 1. The van der Waals surface area contributed by atoms with Gasteiger partial charge in [-0.3, -0.25) is 5.84 Å². The van der Waals surface area contributed by atoms with Crippen molar-refractivity contribution < 1.29 is 9.53 Å². The van der Waals surface area contributed by atoms with E-state index in [1.165, 1.54) is 0 Å². The average molecular weight is 251 g/mol. The maximum absolute atomic E-state index is 11.8. The fourth-order valence-electron chi connectivity index (χ4n) is 1.67. The third kappa shape index (κ3) is 4.01. The minimum atomic E-state index is -0.351. The number of nitrogens with two attached hydrogens (primary N) is 1. The Bertz CT molecular complexity index is 378. The van der Waals surface area contributed by atoms with Crippen LogP contribution in [0, 0.1) is 0 Å². The molecule has 3 N–H and O–H groups in total. The Kier molecular flexibility index (Phi) is 6.18. The van der Waals surface area contributed by atoms with Crippen LogP contribution in [0.15, 0.2) is 24.3 Å². The summed E-state index contributed by atoms with van der Waals surface area (Å²) < 4.78 is 5.23. The van der Waals surface area contributed by atoms with Crippen LogP contribution >= 0.6 is 0 Å². The predicted octanol–water partition coefficient (Wildman–Crippen LogP) is 1.47. The van der Waals surface area contributed by atoms with Gasteiger partial charge in [-0.1, -0.05) is 26.0 Å². The molecule has 0 bridgehead atoms. The van der Waals surface area contributed by atoms with E-state index < -0.39 is 0 Å². The summed E-state index contributed by atoms with van der Waals surface area (Å²) in [6.07, 6.45) is 0. The van der Waals surface area contributed by atoms with Gasteiger partial charge in [0.25, 0.3) is 0 Å². The van der Waals surface area contributed by atoms with Crippen molar-refractivity contribution in [1.29, 1.82) is 0 Å². The number of hydrazine groups is 1. The number of carbonyl (C=O) groups excluding carboxylic acids is 1. The molecule has 100 valence electrons. The van der Waals surface area contributed by atoms with E-state index in [2.05, 4.69) is 24.2 Å². The van der Waals surface area contributed by atoms with Gasteiger partial charge >= 0.3 is 5.97 Å². The molecule has 0 fully saturated rings. The van der Waals surface area contributed by atoms with Crippen molar-refractivity contribution in [2.24, 2.45) is 5.84 Å². The fraction of sp³-hybridized carbons (Fsp3) is 0.462. The SMILES string of the molecule is CCN(CC)CCOC(=O)c1ccccc1NN. The normalized spacial score (nSPS) is 10.4. The predicted molar refractivity (Wildman–Crippen MR) is 72.3 cm³/mol. The maximum atomic E-state index is 11.8. The number of esters is 1. The molecule has 5 heteroatoms. The highest BCUT2D eigenvalue weighted by molar-refractivity contribution is 5.95. The van der Waals surface area contributed by atoms with E-state index in [4.69, 9.17) is 10.6 Å². The van der Waals surface area contributed by atoms with Gasteiger partial charge in [-0.2, -0.15) is 0 Å². The number of nitrogens with zero attached hydrogens (tertiary/aromatic N) is 1. The van der Waals surface area contributed by atoms with Crippen LogP contribution in [0.2, 0.25) is 0 Å². The van der Waals surface area contributed by atoms with Crippen LogP contribution in [-0.4, -0.2) is 37.1 Å². The monoisotopic (exact) mass is 251 g/mol. The van der Waals surface area contributed by atoms with E-state index in [1.807, 2.05) is 6.07 Å². The zero-order valence-electron chi connectivity index (χ0n) is 11.0. The number of likely N-dealkylation sites (N-methyl/N-ethyl adjacent to an activating group) is 1. The van der Waals surface area contributed by atoms with Crippen molar-refractivity contribution in [2.75, 3.05) is 31.7 Å². The Hall–Kier alpha value is -1.59. The largest absolute Gasteiger partial charge is 0.461 e. The lowest BCUT2D eigenvalue weighted by Crippen LogP contribution is -2.28. The number of para-hydroxylation sites is 1.